The number of nitrogens with two attached hydrogens (primary N) is 1. The summed E-state index contributed by atoms with van der Waals surface area (Å²) in [6.45, 7) is -0.394. The van der Waals surface area contributed by atoms with Crippen molar-refractivity contribution >= 4 is 57.7 Å². The molecule has 13 nitrogen and oxygen atoms in total. The monoisotopic (exact) mass is 541 g/mol. The van der Waals surface area contributed by atoms with Crippen molar-refractivity contribution in [1.29, 1.82) is 0 Å². The Balaban J connectivity index is 0.00000216. The van der Waals surface area contributed by atoms with E-state index in [1.807, 2.05) is 0 Å². The first-order valence-corrected chi connectivity index (χ1v) is 11.6. The van der Waals surface area contributed by atoms with Gasteiger partial charge >= 0.3 is 59.1 Å². The van der Waals surface area contributed by atoms with Gasteiger partial charge in [0.25, 0.3) is 11.8 Å². The Hall–Kier alpha value is -1.17. The fourth-order valence-corrected chi connectivity index (χ4v) is 5.65. The number of nitrogen functional groups attached to an aromatic ring is 1. The minimum atomic E-state index is -1.55. The van der Waals surface area contributed by atoms with Gasteiger partial charge in [-0.25, -0.2) is 4.98 Å². The number of carbonyl (C=O) groups excluding carboxylic acids is 4. The second-order valence-electron chi connectivity index (χ2n) is 7.18. The van der Waals surface area contributed by atoms with Gasteiger partial charge in [0.1, 0.15) is 17.1 Å². The minimum absolute atomic E-state index is 0. The van der Waals surface area contributed by atoms with Crippen molar-refractivity contribution in [2.24, 2.45) is 5.16 Å². The van der Waals surface area contributed by atoms with Crippen molar-refractivity contribution in [2.75, 3.05) is 24.7 Å². The number of hydrogen-bond donors (Lipinski definition) is 2. The number of oxime groups is 1. The SMILES string of the molecule is Nc1nc(/C(=N/OCC(=O)[O-])C(=O)N[C@@H]2C(=O)N3C(C(=O)[O-])=C(C4CCCO4)CS[C@H]23)cs1.[Na+].[Na+]. The molecule has 4 heterocycles. The number of β-lactam (4-membered cyclic amide) rings is 1. The zero-order chi connectivity index (χ0) is 23.7. The van der Waals surface area contributed by atoms with Crippen molar-refractivity contribution < 1.29 is 98.1 Å². The van der Waals surface area contributed by atoms with E-state index in [1.165, 1.54) is 17.1 Å². The number of nitrogens with zero attached hydrogens (tertiary/aromatic N) is 3. The Morgan fingerprint density at radius 1 is 1.34 bits per heavy atom. The van der Waals surface area contributed by atoms with Crippen molar-refractivity contribution in [3.63, 3.8) is 0 Å². The molecular formula is C18H17N5Na2O8S2. The molecule has 1 aromatic rings. The summed E-state index contributed by atoms with van der Waals surface area (Å²) >= 11 is 2.30. The van der Waals surface area contributed by atoms with Crippen molar-refractivity contribution in [3.05, 3.63) is 22.3 Å². The maximum absolute atomic E-state index is 12.8. The number of rotatable bonds is 8. The molecular weight excluding hydrogens is 524 g/mol. The number of hydrogen-bond acceptors (Lipinski definition) is 13. The Kier molecular flexibility index (Phi) is 11.1. The number of thioether (sulfide) groups is 1. The number of fused-ring (bicyclic) bond motifs is 1. The molecule has 35 heavy (non-hydrogen) atoms. The van der Waals surface area contributed by atoms with E-state index in [9.17, 15) is 29.4 Å². The normalized spacial score (nSPS) is 23.4. The number of carboxylic acids is 2. The maximum Gasteiger partial charge on any atom is 1.00 e. The fourth-order valence-electron chi connectivity index (χ4n) is 3.69. The van der Waals surface area contributed by atoms with E-state index in [2.05, 4.69) is 20.3 Å². The first-order chi connectivity index (χ1) is 15.8. The molecule has 3 N–H and O–H groups in total. The molecule has 3 atom stereocenters. The Morgan fingerprint density at radius 3 is 2.66 bits per heavy atom. The molecule has 0 aromatic carbocycles. The van der Waals surface area contributed by atoms with Crippen LogP contribution in [0.1, 0.15) is 18.5 Å². The van der Waals surface area contributed by atoms with Crippen molar-refractivity contribution in [2.45, 2.75) is 30.4 Å². The molecule has 0 radical (unpaired) electrons. The van der Waals surface area contributed by atoms with Crippen LogP contribution in [-0.4, -0.2) is 75.8 Å². The summed E-state index contributed by atoms with van der Waals surface area (Å²) in [4.78, 5) is 57.7. The van der Waals surface area contributed by atoms with Crippen LogP contribution in [0.25, 0.3) is 0 Å². The molecule has 0 spiro atoms. The molecule has 4 rings (SSSR count). The zero-order valence-electron chi connectivity index (χ0n) is 18.8. The number of carbonyl (C=O) groups is 4. The van der Waals surface area contributed by atoms with E-state index in [-0.39, 0.29) is 81.7 Å². The summed E-state index contributed by atoms with van der Waals surface area (Å²) in [7, 11) is 0. The van der Waals surface area contributed by atoms with E-state index in [0.717, 1.165) is 22.7 Å². The smallest absolute Gasteiger partial charge is 0.546 e. The van der Waals surface area contributed by atoms with Crippen LogP contribution < -0.4 is 80.4 Å². The Labute approximate surface area is 251 Å². The Morgan fingerprint density at radius 2 is 2.09 bits per heavy atom. The maximum atomic E-state index is 12.8. The summed E-state index contributed by atoms with van der Waals surface area (Å²) < 4.78 is 5.58. The van der Waals surface area contributed by atoms with Gasteiger partial charge in [-0.05, 0) is 18.4 Å². The molecule has 176 valence electrons. The van der Waals surface area contributed by atoms with Gasteiger partial charge in [-0.15, -0.1) is 23.1 Å². The zero-order valence-corrected chi connectivity index (χ0v) is 24.5. The molecule has 3 aliphatic rings. The van der Waals surface area contributed by atoms with Crippen LogP contribution in [0, 0.1) is 0 Å². The van der Waals surface area contributed by atoms with Crippen molar-refractivity contribution in [3.8, 4) is 0 Å². The topological polar surface area (TPSA) is 199 Å². The molecule has 3 aliphatic heterocycles. The molecule has 1 aromatic heterocycles. The van der Waals surface area contributed by atoms with Crippen LogP contribution in [0.5, 0.6) is 0 Å². The molecule has 1 unspecified atom stereocenters. The van der Waals surface area contributed by atoms with Gasteiger partial charge in [0.15, 0.2) is 17.5 Å². The van der Waals surface area contributed by atoms with Gasteiger partial charge < -0.3 is 40.4 Å². The summed E-state index contributed by atoms with van der Waals surface area (Å²) in [5.41, 5.74) is 5.47. The standard InChI is InChI=1S/C18H19N5O8S2.2Na/c19-18-20-8(6-33-18)11(22-31-4-10(24)25)14(26)21-12-15(27)23-13(17(28)29)7(5-32-16(12)23)9-2-1-3-30-9;;/h6,9,12,16H,1-5H2,(H2,19,20)(H,21,26)(H,24,25)(H,28,29);;/q;2*+1/p-2/b22-11-;;/t9?,12-,16-;;/m1../s1. The van der Waals surface area contributed by atoms with Gasteiger partial charge in [-0.1, -0.05) is 5.16 Å². The van der Waals surface area contributed by atoms with Gasteiger partial charge in [0, 0.05) is 17.7 Å². The number of aromatic nitrogens is 1. The van der Waals surface area contributed by atoms with Gasteiger partial charge in [0.05, 0.1) is 23.7 Å². The summed E-state index contributed by atoms with van der Waals surface area (Å²) in [6.07, 6.45) is 1.06. The molecule has 2 fully saturated rings. The number of nitrogens with one attached hydrogen (secondary N) is 1. The van der Waals surface area contributed by atoms with Gasteiger partial charge in [0.2, 0.25) is 0 Å². The van der Waals surface area contributed by atoms with Crippen LogP contribution in [0.2, 0.25) is 0 Å². The average molecular weight is 541 g/mol. The molecule has 0 saturated carbocycles. The number of thiazole rings is 1. The van der Waals surface area contributed by atoms with E-state index >= 15 is 0 Å². The molecule has 17 heteroatoms. The van der Waals surface area contributed by atoms with E-state index in [4.69, 9.17) is 10.5 Å². The first-order valence-electron chi connectivity index (χ1n) is 9.70. The summed E-state index contributed by atoms with van der Waals surface area (Å²) in [6, 6.07) is -1.05. The number of amides is 2. The minimum Gasteiger partial charge on any atom is -0.546 e. The third-order valence-corrected chi connectivity index (χ3v) is 7.09. The predicted octanol–water partition coefficient (Wildman–Crippen LogP) is -9.21. The van der Waals surface area contributed by atoms with E-state index in [0.29, 0.717) is 24.4 Å². The van der Waals surface area contributed by atoms with Crippen LogP contribution in [0.15, 0.2) is 21.8 Å². The van der Waals surface area contributed by atoms with E-state index in [1.54, 1.807) is 0 Å². The predicted molar refractivity (Wildman–Crippen MR) is 110 cm³/mol. The quantitative estimate of drug-likeness (QED) is 0.137. The number of ether oxygens (including phenoxy) is 1. The third-order valence-electron chi connectivity index (χ3n) is 5.11. The Bertz CT molecular complexity index is 1080. The fraction of sp³-hybridized carbons (Fsp3) is 0.444. The largest absolute Gasteiger partial charge is 1.00 e. The summed E-state index contributed by atoms with van der Waals surface area (Å²) in [5.74, 6) is -4.25. The molecule has 2 saturated heterocycles. The molecule has 2 amide bonds. The average Bonchev–Trinajstić information content (AvgIpc) is 3.45. The van der Waals surface area contributed by atoms with Crippen LogP contribution in [0.3, 0.4) is 0 Å². The number of carboxylic acid groups (broad SMARTS) is 2. The van der Waals surface area contributed by atoms with Crippen LogP contribution in [-0.2, 0) is 28.8 Å². The van der Waals surface area contributed by atoms with Crippen LogP contribution >= 0.6 is 23.1 Å². The third kappa shape index (κ3) is 6.40. The molecule has 0 bridgehead atoms. The second-order valence-corrected chi connectivity index (χ2v) is 9.17. The van der Waals surface area contributed by atoms with Crippen LogP contribution in [0.4, 0.5) is 5.13 Å². The van der Waals surface area contributed by atoms with Gasteiger partial charge in [-0.2, -0.15) is 0 Å². The number of anilines is 1. The van der Waals surface area contributed by atoms with Gasteiger partial charge in [-0.3, -0.25) is 14.5 Å². The first kappa shape index (κ1) is 30.1. The van der Waals surface area contributed by atoms with Crippen molar-refractivity contribution in [1.82, 2.24) is 15.2 Å². The van der Waals surface area contributed by atoms with E-state index < -0.39 is 47.5 Å². The number of aliphatic carboxylic acids is 2. The summed E-state index contributed by atoms with van der Waals surface area (Å²) in [5, 5.41) is 29.3. The second kappa shape index (κ2) is 12.9. The molecule has 0 aliphatic carbocycles.